The van der Waals surface area contributed by atoms with Gasteiger partial charge in [-0.15, -0.1) is 0 Å². The van der Waals surface area contributed by atoms with Crippen molar-refractivity contribution in [1.82, 2.24) is 9.97 Å². The molecule has 0 fully saturated rings. The van der Waals surface area contributed by atoms with Crippen LogP contribution in [0, 0.1) is 12.7 Å². The van der Waals surface area contributed by atoms with Gasteiger partial charge in [0.1, 0.15) is 5.82 Å². The summed E-state index contributed by atoms with van der Waals surface area (Å²) in [6.07, 6.45) is -1.90. The third-order valence-electron chi connectivity index (χ3n) is 3.70. The average molecular weight is 391 g/mol. The number of pyridine rings is 2. The standard InChI is InChI=1S/C19H13F4N3O2/c1-11-16(3-2-8-24-11)28-17-7-5-13(10-25-17)26-18(27)12-4-6-14(15(20)9-12)19(21,22)23/h2-10H,1H3,(H,26,27). The molecule has 0 saturated heterocycles. The Hall–Kier alpha value is -3.49. The van der Waals surface area contributed by atoms with Gasteiger partial charge in [0.15, 0.2) is 5.75 Å². The van der Waals surface area contributed by atoms with Crippen LogP contribution in [0.2, 0.25) is 0 Å². The van der Waals surface area contributed by atoms with Gasteiger partial charge in [-0.3, -0.25) is 9.78 Å². The topological polar surface area (TPSA) is 64.1 Å². The Bertz CT molecular complexity index is 1000. The predicted octanol–water partition coefficient (Wildman–Crippen LogP) is 4.99. The lowest BCUT2D eigenvalue weighted by molar-refractivity contribution is -0.140. The van der Waals surface area contributed by atoms with Gasteiger partial charge >= 0.3 is 6.18 Å². The Morgan fingerprint density at radius 1 is 1.11 bits per heavy atom. The van der Waals surface area contributed by atoms with Gasteiger partial charge in [-0.2, -0.15) is 13.2 Å². The van der Waals surface area contributed by atoms with Gasteiger partial charge in [-0.05, 0) is 43.3 Å². The largest absolute Gasteiger partial charge is 0.437 e. The van der Waals surface area contributed by atoms with E-state index in [4.69, 9.17) is 4.74 Å². The smallest absolute Gasteiger partial charge is 0.419 e. The molecule has 0 bridgehead atoms. The first-order valence-corrected chi connectivity index (χ1v) is 7.97. The number of hydrogen-bond acceptors (Lipinski definition) is 4. The highest BCUT2D eigenvalue weighted by Crippen LogP contribution is 2.31. The Kier molecular flexibility index (Phi) is 5.25. The number of carbonyl (C=O) groups excluding carboxylic acids is 1. The monoisotopic (exact) mass is 391 g/mol. The second kappa shape index (κ2) is 7.63. The van der Waals surface area contributed by atoms with Crippen LogP contribution in [0.5, 0.6) is 11.6 Å². The van der Waals surface area contributed by atoms with Crippen LogP contribution in [0.4, 0.5) is 23.2 Å². The zero-order valence-corrected chi connectivity index (χ0v) is 14.4. The van der Waals surface area contributed by atoms with E-state index < -0.39 is 23.5 Å². The first-order valence-electron chi connectivity index (χ1n) is 7.97. The van der Waals surface area contributed by atoms with Crippen molar-refractivity contribution in [3.8, 4) is 11.6 Å². The Morgan fingerprint density at radius 2 is 1.89 bits per heavy atom. The van der Waals surface area contributed by atoms with Gasteiger partial charge in [0, 0.05) is 17.8 Å². The summed E-state index contributed by atoms with van der Waals surface area (Å²) in [4.78, 5) is 20.2. The zero-order valence-electron chi connectivity index (χ0n) is 14.4. The highest BCUT2D eigenvalue weighted by Gasteiger charge is 2.34. The summed E-state index contributed by atoms with van der Waals surface area (Å²) in [5, 5.41) is 2.43. The third kappa shape index (κ3) is 4.43. The number of alkyl halides is 3. The highest BCUT2D eigenvalue weighted by atomic mass is 19.4. The minimum atomic E-state index is -4.83. The van der Waals surface area contributed by atoms with E-state index in [0.717, 1.165) is 6.07 Å². The van der Waals surface area contributed by atoms with Crippen molar-refractivity contribution in [2.24, 2.45) is 0 Å². The molecule has 144 valence electrons. The molecule has 0 atom stereocenters. The molecule has 0 spiro atoms. The molecule has 3 rings (SSSR count). The number of benzene rings is 1. The summed E-state index contributed by atoms with van der Waals surface area (Å²) < 4.78 is 56.9. The second-order valence-corrected chi connectivity index (χ2v) is 5.72. The summed E-state index contributed by atoms with van der Waals surface area (Å²) in [6, 6.07) is 8.38. The molecular formula is C19H13F4N3O2. The highest BCUT2D eigenvalue weighted by molar-refractivity contribution is 6.04. The number of ether oxygens (including phenoxy) is 1. The molecule has 1 aromatic carbocycles. The van der Waals surface area contributed by atoms with Crippen LogP contribution in [0.3, 0.4) is 0 Å². The van der Waals surface area contributed by atoms with Crippen LogP contribution >= 0.6 is 0 Å². The number of nitrogens with zero attached hydrogens (tertiary/aromatic N) is 2. The van der Waals surface area contributed by atoms with Crippen LogP contribution in [0.1, 0.15) is 21.6 Å². The molecule has 5 nitrogen and oxygen atoms in total. The van der Waals surface area contributed by atoms with E-state index in [9.17, 15) is 22.4 Å². The fraction of sp³-hybridized carbons (Fsp3) is 0.105. The minimum Gasteiger partial charge on any atom is -0.437 e. The first-order chi connectivity index (χ1) is 13.2. The minimum absolute atomic E-state index is 0.253. The molecule has 2 aromatic heterocycles. The summed E-state index contributed by atoms with van der Waals surface area (Å²) in [6.45, 7) is 1.77. The number of halogens is 4. The van der Waals surface area contributed by atoms with Gasteiger partial charge in [0.25, 0.3) is 5.91 Å². The lowest BCUT2D eigenvalue weighted by Gasteiger charge is -2.10. The van der Waals surface area contributed by atoms with Crippen molar-refractivity contribution < 1.29 is 27.1 Å². The van der Waals surface area contributed by atoms with Gasteiger partial charge in [-0.25, -0.2) is 9.37 Å². The molecule has 1 amide bonds. The van der Waals surface area contributed by atoms with Crippen LogP contribution in [-0.2, 0) is 6.18 Å². The van der Waals surface area contributed by atoms with Gasteiger partial charge in [0.05, 0.1) is 23.1 Å². The fourth-order valence-corrected chi connectivity index (χ4v) is 2.29. The maximum Gasteiger partial charge on any atom is 0.419 e. The van der Waals surface area contributed by atoms with Crippen LogP contribution in [0.15, 0.2) is 54.9 Å². The molecule has 0 radical (unpaired) electrons. The number of anilines is 1. The van der Waals surface area contributed by atoms with Gasteiger partial charge in [0.2, 0.25) is 5.88 Å². The first kappa shape index (κ1) is 19.3. The summed E-state index contributed by atoms with van der Waals surface area (Å²) >= 11 is 0. The number of aryl methyl sites for hydroxylation is 1. The Balaban J connectivity index is 1.69. The average Bonchev–Trinajstić information content (AvgIpc) is 2.64. The fourth-order valence-electron chi connectivity index (χ4n) is 2.29. The van der Waals surface area contributed by atoms with Crippen LogP contribution in [-0.4, -0.2) is 15.9 Å². The molecule has 0 saturated carbocycles. The number of hydrogen-bond donors (Lipinski definition) is 1. The summed E-state index contributed by atoms with van der Waals surface area (Å²) in [5.74, 6) is -1.51. The zero-order chi connectivity index (χ0) is 20.3. The van der Waals surface area contributed by atoms with E-state index in [-0.39, 0.29) is 17.1 Å². The molecule has 2 heterocycles. The second-order valence-electron chi connectivity index (χ2n) is 5.72. The number of aromatic nitrogens is 2. The van der Waals surface area contributed by atoms with Crippen molar-refractivity contribution in [3.05, 3.63) is 77.5 Å². The van der Waals surface area contributed by atoms with Gasteiger partial charge in [-0.1, -0.05) is 0 Å². The molecule has 9 heteroatoms. The van der Waals surface area contributed by atoms with E-state index in [0.29, 0.717) is 23.6 Å². The predicted molar refractivity (Wildman–Crippen MR) is 92.6 cm³/mol. The quantitative estimate of drug-likeness (QED) is 0.637. The molecule has 0 aliphatic rings. The Labute approximate surface area is 157 Å². The summed E-state index contributed by atoms with van der Waals surface area (Å²) in [7, 11) is 0. The van der Waals surface area contributed by atoms with Crippen LogP contribution < -0.4 is 10.1 Å². The van der Waals surface area contributed by atoms with E-state index in [1.807, 2.05) is 0 Å². The van der Waals surface area contributed by atoms with Crippen molar-refractivity contribution in [1.29, 1.82) is 0 Å². The normalized spacial score (nSPS) is 11.2. The van der Waals surface area contributed by atoms with E-state index in [1.54, 1.807) is 25.3 Å². The van der Waals surface area contributed by atoms with Gasteiger partial charge < -0.3 is 10.1 Å². The molecule has 1 N–H and O–H groups in total. The lowest BCUT2D eigenvalue weighted by atomic mass is 10.1. The summed E-state index contributed by atoms with van der Waals surface area (Å²) in [5.41, 5.74) is -0.749. The molecular weight excluding hydrogens is 378 g/mol. The van der Waals surface area contributed by atoms with Crippen molar-refractivity contribution in [3.63, 3.8) is 0 Å². The molecule has 0 aliphatic carbocycles. The van der Waals surface area contributed by atoms with E-state index in [2.05, 4.69) is 15.3 Å². The molecule has 3 aromatic rings. The number of carbonyl (C=O) groups is 1. The molecule has 28 heavy (non-hydrogen) atoms. The number of amides is 1. The Morgan fingerprint density at radius 3 is 2.50 bits per heavy atom. The molecule has 0 unspecified atom stereocenters. The number of rotatable bonds is 4. The van der Waals surface area contributed by atoms with Crippen molar-refractivity contribution in [2.75, 3.05) is 5.32 Å². The van der Waals surface area contributed by atoms with Crippen molar-refractivity contribution >= 4 is 11.6 Å². The van der Waals surface area contributed by atoms with Crippen molar-refractivity contribution in [2.45, 2.75) is 13.1 Å². The SMILES string of the molecule is Cc1ncccc1Oc1ccc(NC(=O)c2ccc(C(F)(F)F)c(F)c2)cn1. The maximum atomic E-state index is 13.6. The lowest BCUT2D eigenvalue weighted by Crippen LogP contribution is -2.14. The number of nitrogens with one attached hydrogen (secondary N) is 1. The van der Waals surface area contributed by atoms with Crippen LogP contribution in [0.25, 0.3) is 0 Å². The van der Waals surface area contributed by atoms with E-state index >= 15 is 0 Å². The maximum absolute atomic E-state index is 13.6. The third-order valence-corrected chi connectivity index (χ3v) is 3.70. The molecule has 0 aliphatic heterocycles. The van der Waals surface area contributed by atoms with E-state index in [1.165, 1.54) is 18.3 Å².